The summed E-state index contributed by atoms with van der Waals surface area (Å²) in [6.07, 6.45) is -2.82. The summed E-state index contributed by atoms with van der Waals surface area (Å²) in [5.74, 6) is 2.10. The molecule has 0 saturated heterocycles. The third-order valence-electron chi connectivity index (χ3n) is 4.02. The number of nitrogens with zero attached hydrogens (tertiary/aromatic N) is 1. The summed E-state index contributed by atoms with van der Waals surface area (Å²) in [5, 5.41) is 0. The molecule has 0 amide bonds. The van der Waals surface area contributed by atoms with Gasteiger partial charge in [-0.25, -0.2) is 4.98 Å². The summed E-state index contributed by atoms with van der Waals surface area (Å²) in [5.41, 5.74) is 0.650. The maximum Gasteiger partial charge on any atom is 0.416 e. The number of hydrogen-bond donors (Lipinski definition) is 0. The molecule has 0 atom stereocenters. The van der Waals surface area contributed by atoms with Gasteiger partial charge in [-0.2, -0.15) is 13.2 Å². The van der Waals surface area contributed by atoms with Gasteiger partial charge in [0.2, 0.25) is 5.88 Å². The summed E-state index contributed by atoms with van der Waals surface area (Å²) in [6, 6.07) is 13.5. The van der Waals surface area contributed by atoms with Crippen molar-refractivity contribution in [3.63, 3.8) is 0 Å². The van der Waals surface area contributed by atoms with Crippen LogP contribution in [-0.2, 0) is 6.18 Å². The zero-order chi connectivity index (χ0) is 18.9. The van der Waals surface area contributed by atoms with E-state index in [4.69, 9.17) is 14.2 Å². The fourth-order valence-corrected chi connectivity index (χ4v) is 2.70. The van der Waals surface area contributed by atoms with Gasteiger partial charge in [0.05, 0.1) is 5.56 Å². The highest BCUT2D eigenvalue weighted by Crippen LogP contribution is 2.36. The van der Waals surface area contributed by atoms with Crippen molar-refractivity contribution in [2.45, 2.75) is 6.18 Å². The Labute approximate surface area is 153 Å². The standard InChI is InChI=1S/C20H14F3NO3/c21-20(22,23)15-3-1-13(2-4-15)14-7-8-24-19(11-14)27-16-5-6-17-18(12-16)26-10-9-25-17/h1-8,11-12H,9-10H2. The Hall–Kier alpha value is -3.22. The molecule has 7 heteroatoms. The van der Waals surface area contributed by atoms with Gasteiger partial charge in [0.1, 0.15) is 19.0 Å². The van der Waals surface area contributed by atoms with E-state index in [1.807, 2.05) is 0 Å². The smallest absolute Gasteiger partial charge is 0.416 e. The zero-order valence-electron chi connectivity index (χ0n) is 14.0. The van der Waals surface area contributed by atoms with Crippen molar-refractivity contribution in [1.29, 1.82) is 0 Å². The second kappa shape index (κ2) is 6.83. The molecular weight excluding hydrogens is 359 g/mol. The lowest BCUT2D eigenvalue weighted by molar-refractivity contribution is -0.137. The maximum absolute atomic E-state index is 12.7. The Balaban J connectivity index is 1.56. The Morgan fingerprint density at radius 2 is 1.56 bits per heavy atom. The highest BCUT2D eigenvalue weighted by Gasteiger charge is 2.29. The van der Waals surface area contributed by atoms with Gasteiger partial charge in [-0.1, -0.05) is 12.1 Å². The molecule has 0 saturated carbocycles. The summed E-state index contributed by atoms with van der Waals surface area (Å²) in [7, 11) is 0. The van der Waals surface area contributed by atoms with Crippen molar-refractivity contribution in [2.75, 3.05) is 13.2 Å². The number of fused-ring (bicyclic) bond motifs is 1. The predicted molar refractivity (Wildman–Crippen MR) is 92.2 cm³/mol. The second-order valence-corrected chi connectivity index (χ2v) is 5.87. The van der Waals surface area contributed by atoms with Crippen molar-refractivity contribution in [3.05, 3.63) is 66.4 Å². The molecule has 2 aromatic carbocycles. The van der Waals surface area contributed by atoms with Crippen molar-refractivity contribution < 1.29 is 27.4 Å². The summed E-state index contributed by atoms with van der Waals surface area (Å²) in [6.45, 7) is 0.974. The SMILES string of the molecule is FC(F)(F)c1ccc(-c2ccnc(Oc3ccc4c(c3)OCCO4)c2)cc1. The van der Waals surface area contributed by atoms with E-state index < -0.39 is 11.7 Å². The summed E-state index contributed by atoms with van der Waals surface area (Å²) >= 11 is 0. The Morgan fingerprint density at radius 1 is 0.815 bits per heavy atom. The van der Waals surface area contributed by atoms with Crippen molar-refractivity contribution in [2.24, 2.45) is 0 Å². The molecule has 0 radical (unpaired) electrons. The van der Waals surface area contributed by atoms with Gasteiger partial charge in [-0.15, -0.1) is 0 Å². The normalized spacial score (nSPS) is 13.3. The average Bonchev–Trinajstić information content (AvgIpc) is 2.68. The number of benzene rings is 2. The number of alkyl halides is 3. The highest BCUT2D eigenvalue weighted by molar-refractivity contribution is 5.64. The monoisotopic (exact) mass is 373 g/mol. The molecule has 1 aromatic heterocycles. The number of halogens is 3. The van der Waals surface area contributed by atoms with Gasteiger partial charge in [0, 0.05) is 18.3 Å². The maximum atomic E-state index is 12.7. The first-order valence-corrected chi connectivity index (χ1v) is 8.20. The molecule has 0 aliphatic carbocycles. The van der Waals surface area contributed by atoms with Crippen LogP contribution in [0.1, 0.15) is 5.56 Å². The predicted octanol–water partition coefficient (Wildman–Crippen LogP) is 5.33. The molecule has 1 aliphatic rings. The van der Waals surface area contributed by atoms with Gasteiger partial charge in [-0.05, 0) is 41.5 Å². The van der Waals surface area contributed by atoms with Gasteiger partial charge < -0.3 is 14.2 Å². The largest absolute Gasteiger partial charge is 0.486 e. The Bertz CT molecular complexity index is 955. The van der Waals surface area contributed by atoms with Crippen LogP contribution in [0.2, 0.25) is 0 Å². The molecule has 0 fully saturated rings. The van der Waals surface area contributed by atoms with E-state index in [0.717, 1.165) is 12.1 Å². The number of hydrogen-bond acceptors (Lipinski definition) is 4. The van der Waals surface area contributed by atoms with Crippen LogP contribution in [0.25, 0.3) is 11.1 Å². The molecular formula is C20H14F3NO3. The third-order valence-corrected chi connectivity index (χ3v) is 4.02. The number of aromatic nitrogens is 1. The van der Waals surface area contributed by atoms with Crippen LogP contribution in [0.15, 0.2) is 60.8 Å². The van der Waals surface area contributed by atoms with Crippen LogP contribution in [0, 0.1) is 0 Å². The van der Waals surface area contributed by atoms with E-state index in [1.165, 1.54) is 12.1 Å². The molecule has 0 unspecified atom stereocenters. The van der Waals surface area contributed by atoms with E-state index in [-0.39, 0.29) is 0 Å². The molecule has 0 spiro atoms. The Morgan fingerprint density at radius 3 is 2.30 bits per heavy atom. The van der Waals surface area contributed by atoms with Crippen molar-refractivity contribution in [1.82, 2.24) is 4.98 Å². The highest BCUT2D eigenvalue weighted by atomic mass is 19.4. The first kappa shape index (κ1) is 17.2. The first-order valence-electron chi connectivity index (χ1n) is 8.20. The molecule has 0 bridgehead atoms. The lowest BCUT2D eigenvalue weighted by Crippen LogP contribution is -2.15. The topological polar surface area (TPSA) is 40.6 Å². The summed E-state index contributed by atoms with van der Waals surface area (Å²) in [4.78, 5) is 4.15. The second-order valence-electron chi connectivity index (χ2n) is 5.87. The zero-order valence-corrected chi connectivity index (χ0v) is 14.0. The van der Waals surface area contributed by atoms with E-state index in [0.29, 0.717) is 47.5 Å². The van der Waals surface area contributed by atoms with Crippen LogP contribution in [0.3, 0.4) is 0 Å². The van der Waals surface area contributed by atoms with Crippen LogP contribution in [0.5, 0.6) is 23.1 Å². The fourth-order valence-electron chi connectivity index (χ4n) is 2.70. The first-order chi connectivity index (χ1) is 13.0. The fraction of sp³-hybridized carbons (Fsp3) is 0.150. The van der Waals surface area contributed by atoms with Crippen LogP contribution in [0.4, 0.5) is 13.2 Å². The van der Waals surface area contributed by atoms with Gasteiger partial charge in [-0.3, -0.25) is 0 Å². The molecule has 27 heavy (non-hydrogen) atoms. The van der Waals surface area contributed by atoms with E-state index in [2.05, 4.69) is 4.98 Å². The molecule has 2 heterocycles. The van der Waals surface area contributed by atoms with Crippen LogP contribution < -0.4 is 14.2 Å². The van der Waals surface area contributed by atoms with Gasteiger partial charge in [0.15, 0.2) is 11.5 Å². The minimum Gasteiger partial charge on any atom is -0.486 e. The average molecular weight is 373 g/mol. The molecule has 3 aromatic rings. The number of pyridine rings is 1. The van der Waals surface area contributed by atoms with E-state index in [9.17, 15) is 13.2 Å². The van der Waals surface area contributed by atoms with Gasteiger partial charge in [0.25, 0.3) is 0 Å². The minimum absolute atomic E-state index is 0.323. The van der Waals surface area contributed by atoms with Crippen LogP contribution >= 0.6 is 0 Å². The summed E-state index contributed by atoms with van der Waals surface area (Å²) < 4.78 is 54.8. The Kier molecular flexibility index (Phi) is 4.35. The molecule has 4 nitrogen and oxygen atoms in total. The van der Waals surface area contributed by atoms with Gasteiger partial charge >= 0.3 is 6.18 Å². The molecule has 138 valence electrons. The van der Waals surface area contributed by atoms with Crippen molar-refractivity contribution in [3.8, 4) is 34.3 Å². The quantitative estimate of drug-likeness (QED) is 0.622. The molecule has 1 aliphatic heterocycles. The van der Waals surface area contributed by atoms with Crippen LogP contribution in [-0.4, -0.2) is 18.2 Å². The minimum atomic E-state index is -4.36. The number of rotatable bonds is 3. The van der Waals surface area contributed by atoms with E-state index in [1.54, 1.807) is 36.5 Å². The van der Waals surface area contributed by atoms with E-state index >= 15 is 0 Å². The molecule has 0 N–H and O–H groups in total. The lowest BCUT2D eigenvalue weighted by atomic mass is 10.0. The molecule has 4 rings (SSSR count). The van der Waals surface area contributed by atoms with Crippen molar-refractivity contribution >= 4 is 0 Å². The third kappa shape index (κ3) is 3.81. The lowest BCUT2D eigenvalue weighted by Gasteiger charge is -2.18. The number of ether oxygens (including phenoxy) is 3.